The van der Waals surface area contributed by atoms with E-state index in [4.69, 9.17) is 0 Å². The maximum absolute atomic E-state index is 12.5. The van der Waals surface area contributed by atoms with Crippen molar-refractivity contribution >= 4 is 29.9 Å². The number of halogens is 3. The number of rotatable bonds is 8. The second-order valence-corrected chi connectivity index (χ2v) is 5.24. The minimum Gasteiger partial charge on any atom is -0.434 e. The Hall–Kier alpha value is -1.16. The van der Waals surface area contributed by atoms with E-state index in [0.717, 1.165) is 25.2 Å². The summed E-state index contributed by atoms with van der Waals surface area (Å²) >= 11 is 0. The Kier molecular flexibility index (Phi) is 11.6. The fourth-order valence-corrected chi connectivity index (χ4v) is 1.98. The summed E-state index contributed by atoms with van der Waals surface area (Å²) in [6, 6.07) is 5.13. The van der Waals surface area contributed by atoms with Crippen molar-refractivity contribution < 1.29 is 13.5 Å². The molecule has 0 aromatic heterocycles. The molecule has 0 spiro atoms. The maximum atomic E-state index is 12.5. The number of hydrogen-bond donors (Lipinski definition) is 2. The summed E-state index contributed by atoms with van der Waals surface area (Å²) in [6.07, 6.45) is 0. The van der Waals surface area contributed by atoms with Crippen molar-refractivity contribution in [2.75, 3.05) is 33.7 Å². The lowest BCUT2D eigenvalue weighted by molar-refractivity contribution is -0.0504. The predicted molar refractivity (Wildman–Crippen MR) is 105 cm³/mol. The lowest BCUT2D eigenvalue weighted by atomic mass is 10.1. The highest BCUT2D eigenvalue weighted by atomic mass is 127. The van der Waals surface area contributed by atoms with Crippen molar-refractivity contribution in [3.63, 3.8) is 0 Å². The first kappa shape index (κ1) is 22.8. The molecule has 1 rings (SSSR count). The minimum atomic E-state index is -2.83. The zero-order chi connectivity index (χ0) is 17.2. The van der Waals surface area contributed by atoms with Crippen LogP contribution in [0.15, 0.2) is 23.2 Å². The van der Waals surface area contributed by atoms with E-state index >= 15 is 0 Å². The van der Waals surface area contributed by atoms with Gasteiger partial charge >= 0.3 is 6.61 Å². The molecule has 5 nitrogen and oxygen atoms in total. The lowest BCUT2D eigenvalue weighted by Gasteiger charge is -2.17. The number of nitrogens with zero attached hydrogens (tertiary/aromatic N) is 2. The molecule has 2 N–H and O–H groups in total. The van der Waals surface area contributed by atoms with E-state index in [1.807, 2.05) is 20.0 Å². The van der Waals surface area contributed by atoms with Gasteiger partial charge in [0.05, 0.1) is 0 Å². The Morgan fingerprint density at radius 2 is 2.04 bits per heavy atom. The first-order valence-electron chi connectivity index (χ1n) is 7.63. The molecule has 0 unspecified atom stereocenters. The summed E-state index contributed by atoms with van der Waals surface area (Å²) < 4.78 is 29.5. The monoisotopic (exact) mass is 456 g/mol. The van der Waals surface area contributed by atoms with Gasteiger partial charge in [-0.3, -0.25) is 4.99 Å². The van der Waals surface area contributed by atoms with Crippen LogP contribution in [-0.2, 0) is 6.54 Å². The molecule has 0 atom stereocenters. The number of benzene rings is 1. The standard InChI is InChI=1S/C16H26F2N4O.HI/c1-5-22(4)9-8-20-16(19-3)21-11-13-10-12(2)6-7-14(13)23-15(17)18;/h6-7,10,15H,5,8-9,11H2,1-4H3,(H2,19,20,21);1H. The van der Waals surface area contributed by atoms with E-state index in [0.29, 0.717) is 18.1 Å². The number of hydrogen-bond acceptors (Lipinski definition) is 3. The molecule has 0 saturated carbocycles. The lowest BCUT2D eigenvalue weighted by Crippen LogP contribution is -2.40. The maximum Gasteiger partial charge on any atom is 0.387 e. The van der Waals surface area contributed by atoms with Crippen LogP contribution >= 0.6 is 24.0 Å². The van der Waals surface area contributed by atoms with Gasteiger partial charge in [-0.25, -0.2) is 0 Å². The average molecular weight is 456 g/mol. The molecule has 0 amide bonds. The molecule has 0 aliphatic rings. The molecule has 0 fully saturated rings. The molecule has 0 bridgehead atoms. The van der Waals surface area contributed by atoms with Crippen LogP contribution in [0.3, 0.4) is 0 Å². The zero-order valence-electron chi connectivity index (χ0n) is 14.6. The van der Waals surface area contributed by atoms with Crippen molar-refractivity contribution in [3.8, 4) is 5.75 Å². The van der Waals surface area contributed by atoms with Crippen molar-refractivity contribution in [1.29, 1.82) is 0 Å². The van der Waals surface area contributed by atoms with E-state index < -0.39 is 6.61 Å². The van der Waals surface area contributed by atoms with E-state index in [2.05, 4.69) is 32.2 Å². The summed E-state index contributed by atoms with van der Waals surface area (Å²) in [4.78, 5) is 6.30. The Morgan fingerprint density at radius 1 is 1.33 bits per heavy atom. The third-order valence-corrected chi connectivity index (χ3v) is 3.43. The molecule has 1 aromatic carbocycles. The first-order valence-corrected chi connectivity index (χ1v) is 7.63. The van der Waals surface area contributed by atoms with Crippen LogP contribution in [0.25, 0.3) is 0 Å². The summed E-state index contributed by atoms with van der Waals surface area (Å²) in [6.45, 7) is 4.13. The number of aliphatic imine (C=N–C) groups is 1. The summed E-state index contributed by atoms with van der Waals surface area (Å²) in [5.74, 6) is 0.804. The molecule has 24 heavy (non-hydrogen) atoms. The number of nitrogens with one attached hydrogen (secondary N) is 2. The molecular weight excluding hydrogens is 429 g/mol. The average Bonchev–Trinajstić information content (AvgIpc) is 2.52. The number of ether oxygens (including phenoxy) is 1. The summed E-state index contributed by atoms with van der Waals surface area (Å²) in [5, 5.41) is 6.30. The second kappa shape index (κ2) is 12.2. The van der Waals surface area contributed by atoms with Gasteiger partial charge in [0, 0.05) is 32.2 Å². The fourth-order valence-electron chi connectivity index (χ4n) is 1.98. The van der Waals surface area contributed by atoms with Crippen LogP contribution in [-0.4, -0.2) is 51.2 Å². The van der Waals surface area contributed by atoms with Crippen LogP contribution in [0.5, 0.6) is 5.75 Å². The van der Waals surface area contributed by atoms with Gasteiger partial charge in [0.25, 0.3) is 0 Å². The molecule has 0 saturated heterocycles. The Bertz CT molecular complexity index is 515. The Labute approximate surface area is 159 Å². The van der Waals surface area contributed by atoms with Crippen molar-refractivity contribution in [3.05, 3.63) is 29.3 Å². The molecular formula is C16H27F2IN4O. The Morgan fingerprint density at radius 3 is 2.62 bits per heavy atom. The van der Waals surface area contributed by atoms with Gasteiger partial charge in [-0.05, 0) is 26.6 Å². The van der Waals surface area contributed by atoms with E-state index in [9.17, 15) is 8.78 Å². The van der Waals surface area contributed by atoms with Gasteiger partial charge in [-0.1, -0.05) is 24.6 Å². The summed E-state index contributed by atoms with van der Waals surface area (Å²) in [5.41, 5.74) is 1.65. The van der Waals surface area contributed by atoms with Gasteiger partial charge < -0.3 is 20.3 Å². The second-order valence-electron chi connectivity index (χ2n) is 5.24. The highest BCUT2D eigenvalue weighted by Crippen LogP contribution is 2.21. The molecule has 0 radical (unpaired) electrons. The van der Waals surface area contributed by atoms with E-state index in [-0.39, 0.29) is 29.7 Å². The van der Waals surface area contributed by atoms with Gasteiger partial charge in [0.15, 0.2) is 5.96 Å². The molecule has 138 valence electrons. The van der Waals surface area contributed by atoms with Crippen LogP contribution in [0.4, 0.5) is 8.78 Å². The highest BCUT2D eigenvalue weighted by molar-refractivity contribution is 14.0. The van der Waals surface area contributed by atoms with Crippen molar-refractivity contribution in [2.24, 2.45) is 4.99 Å². The SMILES string of the molecule is CCN(C)CCNC(=NC)NCc1cc(C)ccc1OC(F)F.I. The topological polar surface area (TPSA) is 48.9 Å². The summed E-state index contributed by atoms with van der Waals surface area (Å²) in [7, 11) is 3.71. The van der Waals surface area contributed by atoms with Gasteiger partial charge in [0.1, 0.15) is 5.75 Å². The molecule has 1 aromatic rings. The normalized spacial score (nSPS) is 11.4. The van der Waals surface area contributed by atoms with Gasteiger partial charge in [-0.2, -0.15) is 8.78 Å². The van der Waals surface area contributed by atoms with Crippen LogP contribution < -0.4 is 15.4 Å². The zero-order valence-corrected chi connectivity index (χ0v) is 16.9. The number of aryl methyl sites for hydroxylation is 1. The molecule has 0 heterocycles. The predicted octanol–water partition coefficient (Wildman–Crippen LogP) is 2.83. The number of likely N-dealkylation sites (N-methyl/N-ethyl adjacent to an activating group) is 1. The van der Waals surface area contributed by atoms with E-state index in [1.54, 1.807) is 19.2 Å². The quantitative estimate of drug-likeness (QED) is 0.359. The minimum absolute atomic E-state index is 0. The van der Waals surface area contributed by atoms with E-state index in [1.165, 1.54) is 0 Å². The van der Waals surface area contributed by atoms with Gasteiger partial charge in [-0.15, -0.1) is 24.0 Å². The molecule has 8 heteroatoms. The van der Waals surface area contributed by atoms with Crippen LogP contribution in [0.1, 0.15) is 18.1 Å². The van der Waals surface area contributed by atoms with Gasteiger partial charge in [0.2, 0.25) is 0 Å². The fraction of sp³-hybridized carbons (Fsp3) is 0.562. The molecule has 0 aliphatic carbocycles. The Balaban J connectivity index is 0.00000529. The largest absolute Gasteiger partial charge is 0.434 e. The third-order valence-electron chi connectivity index (χ3n) is 3.43. The first-order chi connectivity index (χ1) is 11.0. The number of guanidine groups is 1. The molecule has 0 aliphatic heterocycles. The van der Waals surface area contributed by atoms with Crippen LogP contribution in [0, 0.1) is 6.92 Å². The highest BCUT2D eigenvalue weighted by Gasteiger charge is 2.10. The smallest absolute Gasteiger partial charge is 0.387 e. The van der Waals surface area contributed by atoms with Crippen LogP contribution in [0.2, 0.25) is 0 Å². The van der Waals surface area contributed by atoms with Crippen molar-refractivity contribution in [1.82, 2.24) is 15.5 Å². The number of alkyl halides is 2. The van der Waals surface area contributed by atoms with Crippen molar-refractivity contribution in [2.45, 2.75) is 27.0 Å². The third kappa shape index (κ3) is 8.62.